The highest BCUT2D eigenvalue weighted by atomic mass is 35.5. The number of benzene rings is 3. The van der Waals surface area contributed by atoms with Gasteiger partial charge in [-0.05, 0) is 54.4 Å². The Morgan fingerprint density at radius 3 is 2.30 bits per heavy atom. The number of hydrogen-bond donors (Lipinski definition) is 1. The van der Waals surface area contributed by atoms with Crippen LogP contribution in [0.2, 0.25) is 5.02 Å². The minimum absolute atomic E-state index is 0.0736. The Balaban J connectivity index is 1.84. The SMILES string of the molecule is COc1ccc(S(=O)(=O)N(CCc2ccccc2)CC(=O)Nc2cc(Cl)ccc2OC)cc1. The van der Waals surface area contributed by atoms with Crippen molar-refractivity contribution in [1.82, 2.24) is 4.31 Å². The highest BCUT2D eigenvalue weighted by molar-refractivity contribution is 7.89. The number of sulfonamides is 1. The third-order valence-electron chi connectivity index (χ3n) is 4.95. The molecule has 174 valence electrons. The van der Waals surface area contributed by atoms with Crippen molar-refractivity contribution in [2.75, 3.05) is 32.6 Å². The Morgan fingerprint density at radius 2 is 1.67 bits per heavy atom. The smallest absolute Gasteiger partial charge is 0.243 e. The van der Waals surface area contributed by atoms with Crippen molar-refractivity contribution in [1.29, 1.82) is 0 Å². The molecule has 0 heterocycles. The van der Waals surface area contributed by atoms with E-state index >= 15 is 0 Å². The standard InChI is InChI=1S/C24H25ClN2O5S/c1-31-20-9-11-21(12-10-20)33(29,30)27(15-14-18-6-4-3-5-7-18)17-24(28)26-22-16-19(25)8-13-23(22)32-2/h3-13,16H,14-15,17H2,1-2H3,(H,26,28). The van der Waals surface area contributed by atoms with Gasteiger partial charge in [0.25, 0.3) is 0 Å². The maximum Gasteiger partial charge on any atom is 0.243 e. The Kier molecular flexibility index (Phi) is 8.32. The predicted molar refractivity (Wildman–Crippen MR) is 129 cm³/mol. The molecule has 0 saturated carbocycles. The van der Waals surface area contributed by atoms with Crippen LogP contribution in [0.3, 0.4) is 0 Å². The maximum atomic E-state index is 13.4. The number of anilines is 1. The van der Waals surface area contributed by atoms with E-state index in [0.717, 1.165) is 9.87 Å². The molecule has 0 fully saturated rings. The second-order valence-corrected chi connectivity index (χ2v) is 9.52. The van der Waals surface area contributed by atoms with E-state index in [9.17, 15) is 13.2 Å². The minimum Gasteiger partial charge on any atom is -0.497 e. The monoisotopic (exact) mass is 488 g/mol. The van der Waals surface area contributed by atoms with Crippen LogP contribution in [0.4, 0.5) is 5.69 Å². The van der Waals surface area contributed by atoms with E-state index in [1.165, 1.54) is 26.4 Å². The zero-order valence-electron chi connectivity index (χ0n) is 18.3. The number of carbonyl (C=O) groups excluding carboxylic acids is 1. The van der Waals surface area contributed by atoms with Gasteiger partial charge in [-0.3, -0.25) is 4.79 Å². The predicted octanol–water partition coefficient (Wildman–Crippen LogP) is 4.23. The molecular formula is C24H25ClN2O5S. The maximum absolute atomic E-state index is 13.4. The molecule has 3 aromatic rings. The number of hydrogen-bond acceptors (Lipinski definition) is 5. The van der Waals surface area contributed by atoms with Crippen molar-refractivity contribution in [3.63, 3.8) is 0 Å². The number of halogens is 1. The van der Waals surface area contributed by atoms with E-state index in [0.29, 0.717) is 28.6 Å². The molecule has 0 spiro atoms. The molecule has 3 rings (SSSR count). The second-order valence-electron chi connectivity index (χ2n) is 7.14. The van der Waals surface area contributed by atoms with Crippen LogP contribution in [-0.2, 0) is 21.2 Å². The summed E-state index contributed by atoms with van der Waals surface area (Å²) in [6.45, 7) is -0.255. The summed E-state index contributed by atoms with van der Waals surface area (Å²) in [4.78, 5) is 12.9. The first-order chi connectivity index (χ1) is 15.8. The zero-order chi connectivity index (χ0) is 23.8. The normalized spacial score (nSPS) is 11.3. The quantitative estimate of drug-likeness (QED) is 0.461. The molecular weight excluding hydrogens is 464 g/mol. The number of ether oxygens (including phenoxy) is 2. The van der Waals surface area contributed by atoms with E-state index in [4.69, 9.17) is 21.1 Å². The molecule has 0 radical (unpaired) electrons. The summed E-state index contributed by atoms with van der Waals surface area (Å²) in [7, 11) is -0.972. The third-order valence-corrected chi connectivity index (χ3v) is 7.04. The molecule has 0 aliphatic rings. The van der Waals surface area contributed by atoms with Gasteiger partial charge in [-0.15, -0.1) is 0 Å². The molecule has 0 aliphatic carbocycles. The molecule has 33 heavy (non-hydrogen) atoms. The highest BCUT2D eigenvalue weighted by Crippen LogP contribution is 2.28. The lowest BCUT2D eigenvalue weighted by Crippen LogP contribution is -2.39. The molecule has 0 saturated heterocycles. The van der Waals surface area contributed by atoms with Crippen molar-refractivity contribution in [2.45, 2.75) is 11.3 Å². The molecule has 0 aliphatic heterocycles. The Labute approximate surface area is 198 Å². The first kappa shape index (κ1) is 24.6. The summed E-state index contributed by atoms with van der Waals surface area (Å²) in [5.41, 5.74) is 1.32. The van der Waals surface area contributed by atoms with E-state index < -0.39 is 15.9 Å². The number of carbonyl (C=O) groups is 1. The Bertz CT molecular complexity index is 1190. The van der Waals surface area contributed by atoms with Crippen molar-refractivity contribution in [3.8, 4) is 11.5 Å². The largest absolute Gasteiger partial charge is 0.497 e. The fourth-order valence-corrected chi connectivity index (χ4v) is 4.78. The zero-order valence-corrected chi connectivity index (χ0v) is 19.9. The van der Waals surface area contributed by atoms with Crippen LogP contribution >= 0.6 is 11.6 Å². The van der Waals surface area contributed by atoms with Crippen molar-refractivity contribution in [3.05, 3.63) is 83.4 Å². The van der Waals surface area contributed by atoms with E-state index in [2.05, 4.69) is 5.32 Å². The van der Waals surface area contributed by atoms with Crippen LogP contribution in [0.25, 0.3) is 0 Å². The molecule has 3 aromatic carbocycles. The van der Waals surface area contributed by atoms with E-state index in [1.807, 2.05) is 30.3 Å². The van der Waals surface area contributed by atoms with Crippen LogP contribution in [-0.4, -0.2) is 45.9 Å². The number of methoxy groups -OCH3 is 2. The topological polar surface area (TPSA) is 84.9 Å². The first-order valence-corrected chi connectivity index (χ1v) is 12.0. The van der Waals surface area contributed by atoms with Gasteiger partial charge in [-0.1, -0.05) is 41.9 Å². The van der Waals surface area contributed by atoms with Crippen molar-refractivity contribution in [2.24, 2.45) is 0 Å². The average Bonchev–Trinajstić information content (AvgIpc) is 2.82. The van der Waals surface area contributed by atoms with Crippen LogP contribution in [0.1, 0.15) is 5.56 Å². The van der Waals surface area contributed by atoms with E-state index in [-0.39, 0.29) is 18.0 Å². The fourth-order valence-electron chi connectivity index (χ4n) is 3.21. The van der Waals surface area contributed by atoms with Crippen LogP contribution in [0, 0.1) is 0 Å². The summed E-state index contributed by atoms with van der Waals surface area (Å²) in [6.07, 6.45) is 0.448. The molecule has 7 nitrogen and oxygen atoms in total. The molecule has 0 unspecified atom stereocenters. The summed E-state index contributed by atoms with van der Waals surface area (Å²) >= 11 is 6.03. The number of rotatable bonds is 10. The van der Waals surface area contributed by atoms with Gasteiger partial charge < -0.3 is 14.8 Å². The summed E-state index contributed by atoms with van der Waals surface area (Å²) < 4.78 is 38.3. The summed E-state index contributed by atoms with van der Waals surface area (Å²) in [6, 6.07) is 20.3. The van der Waals surface area contributed by atoms with Gasteiger partial charge >= 0.3 is 0 Å². The number of amides is 1. The molecule has 9 heteroatoms. The van der Waals surface area contributed by atoms with Gasteiger partial charge in [-0.25, -0.2) is 8.42 Å². The summed E-state index contributed by atoms with van der Waals surface area (Å²) in [5, 5.41) is 3.11. The third kappa shape index (κ3) is 6.47. The Hall–Kier alpha value is -3.07. The summed E-state index contributed by atoms with van der Waals surface area (Å²) in [5.74, 6) is 0.442. The van der Waals surface area contributed by atoms with Gasteiger partial charge in [0.15, 0.2) is 0 Å². The number of nitrogens with zero attached hydrogens (tertiary/aromatic N) is 1. The van der Waals surface area contributed by atoms with Gasteiger partial charge in [0.05, 0.1) is 31.3 Å². The second kappa shape index (κ2) is 11.2. The number of nitrogens with one attached hydrogen (secondary N) is 1. The average molecular weight is 489 g/mol. The van der Waals surface area contributed by atoms with Gasteiger partial charge in [0.2, 0.25) is 15.9 Å². The minimum atomic E-state index is -3.95. The lowest BCUT2D eigenvalue weighted by Gasteiger charge is -2.22. The van der Waals surface area contributed by atoms with Crippen molar-refractivity contribution < 1.29 is 22.7 Å². The highest BCUT2D eigenvalue weighted by Gasteiger charge is 2.27. The van der Waals surface area contributed by atoms with Gasteiger partial charge in [-0.2, -0.15) is 4.31 Å². The Morgan fingerprint density at radius 1 is 0.970 bits per heavy atom. The van der Waals surface area contributed by atoms with Gasteiger partial charge in [0, 0.05) is 11.6 Å². The van der Waals surface area contributed by atoms with Crippen LogP contribution in [0.15, 0.2) is 77.7 Å². The fraction of sp³-hybridized carbons (Fsp3) is 0.208. The molecule has 1 amide bonds. The van der Waals surface area contributed by atoms with Crippen LogP contribution < -0.4 is 14.8 Å². The molecule has 0 bridgehead atoms. The lowest BCUT2D eigenvalue weighted by atomic mass is 10.1. The van der Waals surface area contributed by atoms with Crippen molar-refractivity contribution >= 4 is 33.2 Å². The van der Waals surface area contributed by atoms with E-state index in [1.54, 1.807) is 30.3 Å². The first-order valence-electron chi connectivity index (χ1n) is 10.1. The van der Waals surface area contributed by atoms with Gasteiger partial charge in [0.1, 0.15) is 11.5 Å². The molecule has 0 aromatic heterocycles. The molecule has 0 atom stereocenters. The van der Waals surface area contributed by atoms with Crippen LogP contribution in [0.5, 0.6) is 11.5 Å². The molecule has 1 N–H and O–H groups in total. The lowest BCUT2D eigenvalue weighted by molar-refractivity contribution is -0.116.